The Balaban J connectivity index is 1.94. The van der Waals surface area contributed by atoms with Crippen molar-refractivity contribution in [1.29, 1.82) is 0 Å². The number of aryl methyl sites for hydroxylation is 1. The minimum atomic E-state index is -0.132. The van der Waals surface area contributed by atoms with Crippen molar-refractivity contribution in [2.45, 2.75) is 6.92 Å². The van der Waals surface area contributed by atoms with Gasteiger partial charge in [0, 0.05) is 27.8 Å². The van der Waals surface area contributed by atoms with Gasteiger partial charge in [-0.2, -0.15) is 0 Å². The quantitative estimate of drug-likeness (QED) is 0.743. The van der Waals surface area contributed by atoms with E-state index in [9.17, 15) is 4.79 Å². The number of carbonyl (C=O) groups excluding carboxylic acids is 1. The Morgan fingerprint density at radius 1 is 1.19 bits per heavy atom. The molecule has 104 valence electrons. The minimum absolute atomic E-state index is 0.132. The number of hydrogen-bond donors (Lipinski definition) is 1. The zero-order valence-electron chi connectivity index (χ0n) is 11.4. The van der Waals surface area contributed by atoms with E-state index in [1.54, 1.807) is 12.4 Å². The van der Waals surface area contributed by atoms with Gasteiger partial charge in [0.1, 0.15) is 0 Å². The molecule has 0 radical (unpaired) electrons. The molecule has 0 aliphatic carbocycles. The van der Waals surface area contributed by atoms with Gasteiger partial charge in [-0.05, 0) is 42.1 Å². The molecule has 4 heteroatoms. The van der Waals surface area contributed by atoms with Crippen LogP contribution >= 0.6 is 15.9 Å². The number of benzene rings is 2. The van der Waals surface area contributed by atoms with E-state index >= 15 is 0 Å². The van der Waals surface area contributed by atoms with Gasteiger partial charge in [-0.25, -0.2) is 0 Å². The van der Waals surface area contributed by atoms with E-state index in [0.29, 0.717) is 5.56 Å². The molecule has 1 heterocycles. The lowest BCUT2D eigenvalue weighted by Crippen LogP contribution is -2.12. The molecule has 0 saturated carbocycles. The van der Waals surface area contributed by atoms with Gasteiger partial charge >= 0.3 is 0 Å². The molecule has 1 aromatic heterocycles. The fraction of sp³-hybridized carbons (Fsp3) is 0.0588. The Morgan fingerprint density at radius 2 is 2.05 bits per heavy atom. The average Bonchev–Trinajstić information content (AvgIpc) is 2.50. The number of anilines is 1. The third kappa shape index (κ3) is 2.81. The van der Waals surface area contributed by atoms with Crippen LogP contribution in [0.4, 0.5) is 5.69 Å². The maximum Gasteiger partial charge on any atom is 0.255 e. The Labute approximate surface area is 131 Å². The van der Waals surface area contributed by atoms with E-state index in [-0.39, 0.29) is 5.91 Å². The van der Waals surface area contributed by atoms with Crippen LogP contribution < -0.4 is 5.32 Å². The number of carbonyl (C=O) groups is 1. The van der Waals surface area contributed by atoms with Gasteiger partial charge in [-0.3, -0.25) is 9.78 Å². The highest BCUT2D eigenvalue weighted by Gasteiger charge is 2.09. The highest BCUT2D eigenvalue weighted by molar-refractivity contribution is 9.10. The minimum Gasteiger partial charge on any atom is -0.321 e. The number of halogens is 1. The van der Waals surface area contributed by atoms with Crippen LogP contribution in [-0.2, 0) is 0 Å². The summed E-state index contributed by atoms with van der Waals surface area (Å²) < 4.78 is 0.926. The Bertz CT molecular complexity index is 825. The molecule has 0 spiro atoms. The highest BCUT2D eigenvalue weighted by atomic mass is 79.9. The molecule has 0 atom stereocenters. The molecule has 0 aliphatic heterocycles. The molecule has 0 fully saturated rings. The second-order valence-electron chi connectivity index (χ2n) is 4.82. The van der Waals surface area contributed by atoms with Crippen LogP contribution in [0.5, 0.6) is 0 Å². The lowest BCUT2D eigenvalue weighted by molar-refractivity contribution is 0.102. The van der Waals surface area contributed by atoms with Crippen LogP contribution in [0.3, 0.4) is 0 Å². The maximum atomic E-state index is 12.4. The number of pyridine rings is 1. The van der Waals surface area contributed by atoms with Crippen LogP contribution in [0.1, 0.15) is 15.9 Å². The molecule has 21 heavy (non-hydrogen) atoms. The molecule has 1 N–H and O–H groups in total. The highest BCUT2D eigenvalue weighted by Crippen LogP contribution is 2.23. The second kappa shape index (κ2) is 5.66. The third-order valence-electron chi connectivity index (χ3n) is 3.37. The fourth-order valence-electron chi connectivity index (χ4n) is 2.15. The topological polar surface area (TPSA) is 42.0 Å². The summed E-state index contributed by atoms with van der Waals surface area (Å²) in [6.45, 7) is 1.99. The van der Waals surface area contributed by atoms with Gasteiger partial charge in [-0.15, -0.1) is 0 Å². The molecule has 3 aromatic rings. The molecule has 0 aliphatic rings. The Morgan fingerprint density at radius 3 is 2.86 bits per heavy atom. The van der Waals surface area contributed by atoms with Gasteiger partial charge in [0.25, 0.3) is 5.91 Å². The fourth-order valence-corrected chi connectivity index (χ4v) is 2.53. The molecule has 1 amide bonds. The zero-order valence-corrected chi connectivity index (χ0v) is 13.0. The first-order valence-electron chi connectivity index (χ1n) is 6.55. The molecule has 0 bridgehead atoms. The average molecular weight is 341 g/mol. The van der Waals surface area contributed by atoms with Crippen LogP contribution in [0.2, 0.25) is 0 Å². The molecule has 0 unspecified atom stereocenters. The number of nitrogens with zero attached hydrogens (tertiary/aromatic N) is 1. The smallest absolute Gasteiger partial charge is 0.255 e. The number of rotatable bonds is 2. The maximum absolute atomic E-state index is 12.4. The lowest BCUT2D eigenvalue weighted by atomic mass is 10.1. The van der Waals surface area contributed by atoms with E-state index in [1.165, 1.54) is 0 Å². The van der Waals surface area contributed by atoms with Crippen LogP contribution in [0.25, 0.3) is 10.8 Å². The van der Waals surface area contributed by atoms with E-state index in [4.69, 9.17) is 0 Å². The van der Waals surface area contributed by atoms with E-state index in [1.807, 2.05) is 49.4 Å². The Hall–Kier alpha value is -2.20. The van der Waals surface area contributed by atoms with E-state index in [2.05, 4.69) is 26.2 Å². The zero-order chi connectivity index (χ0) is 14.8. The van der Waals surface area contributed by atoms with Crippen molar-refractivity contribution in [3.05, 3.63) is 70.5 Å². The summed E-state index contributed by atoms with van der Waals surface area (Å²) in [6.07, 6.45) is 3.50. The number of amides is 1. The summed E-state index contributed by atoms with van der Waals surface area (Å²) in [4.78, 5) is 16.5. The summed E-state index contributed by atoms with van der Waals surface area (Å²) in [6, 6.07) is 13.3. The van der Waals surface area contributed by atoms with Gasteiger partial charge in [0.15, 0.2) is 0 Å². The second-order valence-corrected chi connectivity index (χ2v) is 5.67. The normalized spacial score (nSPS) is 10.6. The first-order chi connectivity index (χ1) is 10.1. The first kappa shape index (κ1) is 13.8. The van der Waals surface area contributed by atoms with Gasteiger partial charge in [0.2, 0.25) is 0 Å². The SMILES string of the molecule is Cc1ccc(C(=O)Nc2cccc3ccncc23)cc1Br. The molecular weight excluding hydrogens is 328 g/mol. The lowest BCUT2D eigenvalue weighted by Gasteiger charge is -2.09. The van der Waals surface area contributed by atoms with E-state index < -0.39 is 0 Å². The van der Waals surface area contributed by atoms with Crippen molar-refractivity contribution < 1.29 is 4.79 Å². The molecule has 3 nitrogen and oxygen atoms in total. The van der Waals surface area contributed by atoms with Crippen LogP contribution in [0, 0.1) is 6.92 Å². The standard InChI is InChI=1S/C17H13BrN2O/c1-11-5-6-13(9-15(11)18)17(21)20-16-4-2-3-12-7-8-19-10-14(12)16/h2-10H,1H3,(H,20,21). The molecular formula is C17H13BrN2O. The van der Waals surface area contributed by atoms with E-state index in [0.717, 1.165) is 26.5 Å². The summed E-state index contributed by atoms with van der Waals surface area (Å²) in [5.41, 5.74) is 2.48. The number of aromatic nitrogens is 1. The van der Waals surface area contributed by atoms with Gasteiger partial charge in [0.05, 0.1) is 5.69 Å². The number of fused-ring (bicyclic) bond motifs is 1. The van der Waals surface area contributed by atoms with Crippen molar-refractivity contribution in [1.82, 2.24) is 4.98 Å². The predicted molar refractivity (Wildman–Crippen MR) is 88.6 cm³/mol. The number of hydrogen-bond acceptors (Lipinski definition) is 2. The predicted octanol–water partition coefficient (Wildman–Crippen LogP) is 4.56. The molecule has 0 saturated heterocycles. The first-order valence-corrected chi connectivity index (χ1v) is 7.35. The monoisotopic (exact) mass is 340 g/mol. The van der Waals surface area contributed by atoms with Crippen molar-refractivity contribution >= 4 is 38.3 Å². The van der Waals surface area contributed by atoms with Gasteiger partial charge < -0.3 is 5.32 Å². The van der Waals surface area contributed by atoms with Crippen LogP contribution in [-0.4, -0.2) is 10.9 Å². The molecule has 3 rings (SSSR count). The van der Waals surface area contributed by atoms with Gasteiger partial charge in [-0.1, -0.05) is 34.1 Å². The Kier molecular flexibility index (Phi) is 3.71. The summed E-state index contributed by atoms with van der Waals surface area (Å²) >= 11 is 3.45. The molecule has 2 aromatic carbocycles. The van der Waals surface area contributed by atoms with Crippen molar-refractivity contribution in [2.24, 2.45) is 0 Å². The number of nitrogens with one attached hydrogen (secondary N) is 1. The summed E-state index contributed by atoms with van der Waals surface area (Å²) in [7, 11) is 0. The summed E-state index contributed by atoms with van der Waals surface area (Å²) in [5.74, 6) is -0.132. The van der Waals surface area contributed by atoms with Crippen molar-refractivity contribution in [3.63, 3.8) is 0 Å². The largest absolute Gasteiger partial charge is 0.321 e. The van der Waals surface area contributed by atoms with Crippen molar-refractivity contribution in [2.75, 3.05) is 5.32 Å². The third-order valence-corrected chi connectivity index (χ3v) is 4.22. The van der Waals surface area contributed by atoms with Crippen molar-refractivity contribution in [3.8, 4) is 0 Å². The summed E-state index contributed by atoms with van der Waals surface area (Å²) in [5, 5.41) is 4.93. The van der Waals surface area contributed by atoms with Crippen LogP contribution in [0.15, 0.2) is 59.3 Å².